The molecular weight excluding hydrogens is 262 g/mol. The maximum absolute atomic E-state index is 9.15. The van der Waals surface area contributed by atoms with Crippen molar-refractivity contribution in [3.8, 4) is 6.07 Å². The monoisotopic (exact) mass is 271 g/mol. The van der Waals surface area contributed by atoms with Gasteiger partial charge in [0.05, 0.1) is 5.57 Å². The topological polar surface area (TPSA) is 23.8 Å². The minimum absolute atomic E-state index is 0.663. The highest BCUT2D eigenvalue weighted by Crippen LogP contribution is 2.25. The Morgan fingerprint density at radius 3 is 2.33 bits per heavy atom. The first-order valence-corrected chi connectivity index (χ1v) is 6.63. The van der Waals surface area contributed by atoms with E-state index in [1.165, 1.54) is 11.8 Å². The number of thioether (sulfide) groups is 1. The molecule has 0 aliphatic carbocycles. The molecule has 2 aromatic carbocycles. The molecule has 2 aromatic rings. The zero-order valence-corrected chi connectivity index (χ0v) is 11.1. The second-order valence-electron chi connectivity index (χ2n) is 3.58. The number of nitriles is 1. The molecule has 0 N–H and O–H groups in total. The molecule has 0 amide bonds. The summed E-state index contributed by atoms with van der Waals surface area (Å²) in [6, 6.07) is 19.4. The second-order valence-corrected chi connectivity index (χ2v) is 4.96. The zero-order chi connectivity index (χ0) is 12.8. The molecule has 88 valence electrons. The van der Waals surface area contributed by atoms with Gasteiger partial charge in [0.25, 0.3) is 0 Å². The van der Waals surface area contributed by atoms with E-state index < -0.39 is 0 Å². The number of halogens is 1. The van der Waals surface area contributed by atoms with Crippen molar-refractivity contribution in [3.63, 3.8) is 0 Å². The molecule has 0 aliphatic rings. The average molecular weight is 272 g/mol. The first-order chi connectivity index (χ1) is 8.79. The number of hydrogen-bond acceptors (Lipinski definition) is 2. The van der Waals surface area contributed by atoms with Gasteiger partial charge in [0, 0.05) is 9.92 Å². The Labute approximate surface area is 116 Å². The summed E-state index contributed by atoms with van der Waals surface area (Å²) in [5.41, 5.74) is 1.59. The van der Waals surface area contributed by atoms with Crippen molar-refractivity contribution < 1.29 is 0 Å². The molecule has 0 aromatic heterocycles. The van der Waals surface area contributed by atoms with Gasteiger partial charge in [0.1, 0.15) is 6.07 Å². The van der Waals surface area contributed by atoms with Crippen LogP contribution < -0.4 is 0 Å². The Kier molecular flexibility index (Phi) is 4.46. The van der Waals surface area contributed by atoms with Crippen molar-refractivity contribution in [2.75, 3.05) is 0 Å². The van der Waals surface area contributed by atoms with Crippen LogP contribution in [0.25, 0.3) is 5.57 Å². The number of allylic oxidation sites excluding steroid dienone is 1. The first-order valence-electron chi connectivity index (χ1n) is 5.37. The van der Waals surface area contributed by atoms with E-state index in [1.54, 1.807) is 0 Å². The van der Waals surface area contributed by atoms with E-state index in [4.69, 9.17) is 16.9 Å². The summed E-state index contributed by atoms with van der Waals surface area (Å²) in [6.45, 7) is 0. The SMILES string of the molecule is N#C/C(=C\Sc1ccc(Cl)cc1)c1ccccc1. The highest BCUT2D eigenvalue weighted by Gasteiger charge is 1.99. The van der Waals surface area contributed by atoms with Gasteiger partial charge in [-0.1, -0.05) is 53.7 Å². The van der Waals surface area contributed by atoms with E-state index in [2.05, 4.69) is 6.07 Å². The number of nitrogens with zero attached hydrogens (tertiary/aromatic N) is 1. The van der Waals surface area contributed by atoms with Crippen LogP contribution in [0.5, 0.6) is 0 Å². The molecule has 0 bridgehead atoms. The largest absolute Gasteiger partial charge is 0.192 e. The van der Waals surface area contributed by atoms with Gasteiger partial charge < -0.3 is 0 Å². The molecule has 0 atom stereocenters. The summed E-state index contributed by atoms with van der Waals surface area (Å²) in [7, 11) is 0. The van der Waals surface area contributed by atoms with Crippen LogP contribution in [0.3, 0.4) is 0 Å². The van der Waals surface area contributed by atoms with Crippen LogP contribution in [-0.2, 0) is 0 Å². The van der Waals surface area contributed by atoms with Crippen molar-refractivity contribution in [2.24, 2.45) is 0 Å². The third kappa shape index (κ3) is 3.40. The van der Waals surface area contributed by atoms with E-state index in [9.17, 15) is 0 Å². The molecular formula is C15H10ClNS. The van der Waals surface area contributed by atoms with E-state index in [1.807, 2.05) is 60.0 Å². The summed E-state index contributed by atoms with van der Waals surface area (Å²) >= 11 is 7.33. The highest BCUT2D eigenvalue weighted by molar-refractivity contribution is 8.02. The maximum atomic E-state index is 9.15. The van der Waals surface area contributed by atoms with Gasteiger partial charge in [-0.25, -0.2) is 0 Å². The Hall–Kier alpha value is -1.69. The van der Waals surface area contributed by atoms with E-state index in [0.717, 1.165) is 10.5 Å². The van der Waals surface area contributed by atoms with Crippen LogP contribution in [0.15, 0.2) is 64.9 Å². The van der Waals surface area contributed by atoms with Crippen molar-refractivity contribution in [1.29, 1.82) is 5.26 Å². The minimum atomic E-state index is 0.663. The van der Waals surface area contributed by atoms with Crippen LogP contribution in [0.2, 0.25) is 5.02 Å². The third-order valence-electron chi connectivity index (χ3n) is 2.33. The van der Waals surface area contributed by atoms with E-state index >= 15 is 0 Å². The Bertz CT molecular complexity index is 582. The Morgan fingerprint density at radius 1 is 1.06 bits per heavy atom. The van der Waals surface area contributed by atoms with Crippen LogP contribution in [-0.4, -0.2) is 0 Å². The molecule has 3 heteroatoms. The zero-order valence-electron chi connectivity index (χ0n) is 9.51. The quantitative estimate of drug-likeness (QED) is 0.580. The number of hydrogen-bond donors (Lipinski definition) is 0. The maximum Gasteiger partial charge on any atom is 0.100 e. The van der Waals surface area contributed by atoms with Crippen LogP contribution >= 0.6 is 23.4 Å². The lowest BCUT2D eigenvalue weighted by Gasteiger charge is -1.99. The molecule has 0 saturated carbocycles. The number of benzene rings is 2. The first kappa shape index (κ1) is 12.8. The molecule has 18 heavy (non-hydrogen) atoms. The molecule has 0 fully saturated rings. The smallest absolute Gasteiger partial charge is 0.100 e. The molecule has 0 aliphatic heterocycles. The van der Waals surface area contributed by atoms with Gasteiger partial charge in [-0.05, 0) is 35.2 Å². The minimum Gasteiger partial charge on any atom is -0.192 e. The Morgan fingerprint density at radius 2 is 1.72 bits per heavy atom. The fraction of sp³-hybridized carbons (Fsp3) is 0. The molecule has 0 spiro atoms. The molecule has 2 rings (SSSR count). The van der Waals surface area contributed by atoms with Gasteiger partial charge in [-0.15, -0.1) is 0 Å². The van der Waals surface area contributed by atoms with E-state index in [0.29, 0.717) is 10.6 Å². The standard InChI is InChI=1S/C15H10ClNS/c16-14-6-8-15(9-7-14)18-11-13(10-17)12-4-2-1-3-5-12/h1-9,11H/b13-11+. The predicted molar refractivity (Wildman–Crippen MR) is 77.3 cm³/mol. The molecule has 1 nitrogen and oxygen atoms in total. The normalized spacial score (nSPS) is 11.0. The highest BCUT2D eigenvalue weighted by atomic mass is 35.5. The van der Waals surface area contributed by atoms with Crippen molar-refractivity contribution >= 4 is 28.9 Å². The average Bonchev–Trinajstić information content (AvgIpc) is 2.43. The summed E-state index contributed by atoms with van der Waals surface area (Å²) in [5, 5.41) is 11.7. The summed E-state index contributed by atoms with van der Waals surface area (Å²) in [4.78, 5) is 1.06. The van der Waals surface area contributed by atoms with Gasteiger partial charge >= 0.3 is 0 Å². The van der Waals surface area contributed by atoms with Gasteiger partial charge in [-0.2, -0.15) is 5.26 Å². The van der Waals surface area contributed by atoms with Gasteiger partial charge in [-0.3, -0.25) is 0 Å². The van der Waals surface area contributed by atoms with Gasteiger partial charge in [0.2, 0.25) is 0 Å². The molecule has 0 saturated heterocycles. The van der Waals surface area contributed by atoms with E-state index in [-0.39, 0.29) is 0 Å². The van der Waals surface area contributed by atoms with Crippen LogP contribution in [0, 0.1) is 11.3 Å². The van der Waals surface area contributed by atoms with Crippen molar-refractivity contribution in [3.05, 3.63) is 70.6 Å². The fourth-order valence-electron chi connectivity index (χ4n) is 1.42. The van der Waals surface area contributed by atoms with Crippen LogP contribution in [0.1, 0.15) is 5.56 Å². The third-order valence-corrected chi connectivity index (χ3v) is 3.48. The second kappa shape index (κ2) is 6.30. The fourth-order valence-corrected chi connectivity index (χ4v) is 2.28. The van der Waals surface area contributed by atoms with Crippen LogP contribution in [0.4, 0.5) is 0 Å². The van der Waals surface area contributed by atoms with Crippen molar-refractivity contribution in [2.45, 2.75) is 4.90 Å². The lowest BCUT2D eigenvalue weighted by Crippen LogP contribution is -1.78. The predicted octanol–water partition coefficient (Wildman–Crippen LogP) is 5.00. The lowest BCUT2D eigenvalue weighted by atomic mass is 10.1. The number of rotatable bonds is 3. The van der Waals surface area contributed by atoms with Gasteiger partial charge in [0.15, 0.2) is 0 Å². The van der Waals surface area contributed by atoms with Crippen molar-refractivity contribution in [1.82, 2.24) is 0 Å². The summed E-state index contributed by atoms with van der Waals surface area (Å²) < 4.78 is 0. The Balaban J connectivity index is 2.17. The molecule has 0 heterocycles. The lowest BCUT2D eigenvalue weighted by molar-refractivity contribution is 1.47. The molecule has 0 radical (unpaired) electrons. The summed E-state index contributed by atoms with van der Waals surface area (Å²) in [6.07, 6.45) is 0. The summed E-state index contributed by atoms with van der Waals surface area (Å²) in [5.74, 6) is 0. The molecule has 0 unspecified atom stereocenters.